The van der Waals surface area contributed by atoms with E-state index in [0.717, 1.165) is 79.0 Å². The molecule has 1 unspecified atom stereocenters. The van der Waals surface area contributed by atoms with E-state index in [4.69, 9.17) is 9.15 Å². The van der Waals surface area contributed by atoms with Crippen molar-refractivity contribution in [2.75, 3.05) is 4.90 Å². The second-order valence-electron chi connectivity index (χ2n) is 13.0. The van der Waals surface area contributed by atoms with Crippen LogP contribution >= 0.6 is 0 Å². The summed E-state index contributed by atoms with van der Waals surface area (Å²) in [5.74, 6) is 0.859. The van der Waals surface area contributed by atoms with Crippen molar-refractivity contribution in [3.8, 4) is 39.1 Å². The molecular formula is C48H31NO2. The minimum Gasteiger partial charge on any atom is -0.484 e. The van der Waals surface area contributed by atoms with Crippen molar-refractivity contribution < 1.29 is 9.15 Å². The first-order chi connectivity index (χ1) is 25.3. The average molecular weight is 654 g/mol. The van der Waals surface area contributed by atoms with E-state index in [1.54, 1.807) is 0 Å². The van der Waals surface area contributed by atoms with Crippen molar-refractivity contribution in [3.63, 3.8) is 0 Å². The number of allylic oxidation sites excluding steroid dienone is 1. The van der Waals surface area contributed by atoms with Gasteiger partial charge in [-0.3, -0.25) is 0 Å². The SMILES string of the molecule is c1ccc2c(c#1)C1=C(N(c3ccc(-c4cccc5oc6ccccc6c45)cc3)c3cccc(-c4ccc(-c5ccccc5)cc4)c3)C=CCC1O2. The molecule has 1 atom stereocenters. The largest absolute Gasteiger partial charge is 0.484 e. The Morgan fingerprint density at radius 1 is 0.588 bits per heavy atom. The molecule has 7 aromatic carbocycles. The lowest BCUT2D eigenvalue weighted by atomic mass is 9.93. The first-order valence-corrected chi connectivity index (χ1v) is 17.4. The molecule has 3 nitrogen and oxygen atoms in total. The van der Waals surface area contributed by atoms with Crippen LogP contribution in [0.15, 0.2) is 180 Å². The zero-order valence-corrected chi connectivity index (χ0v) is 27.7. The van der Waals surface area contributed by atoms with Crippen molar-refractivity contribution >= 4 is 38.9 Å². The number of ether oxygens (including phenoxy) is 1. The maximum Gasteiger partial charge on any atom is 0.137 e. The lowest BCUT2D eigenvalue weighted by Gasteiger charge is -2.31. The molecule has 2 heterocycles. The highest BCUT2D eigenvalue weighted by Crippen LogP contribution is 2.46. The van der Waals surface area contributed by atoms with Gasteiger partial charge in [-0.2, -0.15) is 0 Å². The minimum absolute atomic E-state index is 0.0745. The van der Waals surface area contributed by atoms with Crippen LogP contribution in [0.3, 0.4) is 0 Å². The van der Waals surface area contributed by atoms with Gasteiger partial charge in [0.2, 0.25) is 0 Å². The summed E-state index contributed by atoms with van der Waals surface area (Å²) in [6.45, 7) is 0. The molecule has 0 radical (unpaired) electrons. The van der Waals surface area contributed by atoms with Crippen LogP contribution in [0, 0.1) is 12.1 Å². The molecule has 1 aliphatic heterocycles. The molecule has 0 spiro atoms. The molecule has 0 saturated heterocycles. The molecule has 1 aromatic heterocycles. The predicted molar refractivity (Wildman–Crippen MR) is 208 cm³/mol. The van der Waals surface area contributed by atoms with E-state index < -0.39 is 0 Å². The minimum atomic E-state index is -0.0745. The van der Waals surface area contributed by atoms with Gasteiger partial charge in [0.15, 0.2) is 0 Å². The predicted octanol–water partition coefficient (Wildman–Crippen LogP) is 12.5. The number of furan rings is 1. The van der Waals surface area contributed by atoms with E-state index >= 15 is 0 Å². The third-order valence-corrected chi connectivity index (χ3v) is 10.0. The van der Waals surface area contributed by atoms with E-state index in [-0.39, 0.29) is 6.10 Å². The van der Waals surface area contributed by atoms with Gasteiger partial charge in [0, 0.05) is 34.1 Å². The highest BCUT2D eigenvalue weighted by atomic mass is 16.5. The number of rotatable bonds is 6. The van der Waals surface area contributed by atoms with Gasteiger partial charge in [0.05, 0.1) is 11.3 Å². The molecular weight excluding hydrogens is 623 g/mol. The molecule has 2 aliphatic rings. The summed E-state index contributed by atoms with van der Waals surface area (Å²) in [6, 6.07) is 62.0. The van der Waals surface area contributed by atoms with Crippen LogP contribution < -0.4 is 9.64 Å². The Balaban J connectivity index is 1.10. The summed E-state index contributed by atoms with van der Waals surface area (Å²) in [6.07, 6.45) is 5.19. The molecule has 10 rings (SSSR count). The summed E-state index contributed by atoms with van der Waals surface area (Å²) in [5.41, 5.74) is 14.1. The Morgan fingerprint density at radius 3 is 2.16 bits per heavy atom. The Morgan fingerprint density at radius 2 is 1.29 bits per heavy atom. The molecule has 0 fully saturated rings. The van der Waals surface area contributed by atoms with Crippen LogP contribution in [0.2, 0.25) is 0 Å². The average Bonchev–Trinajstić information content (AvgIpc) is 3.78. The number of anilines is 2. The van der Waals surface area contributed by atoms with Gasteiger partial charge in [0.25, 0.3) is 0 Å². The summed E-state index contributed by atoms with van der Waals surface area (Å²) in [4.78, 5) is 2.36. The smallest absolute Gasteiger partial charge is 0.137 e. The number of fused-ring (bicyclic) bond motifs is 6. The van der Waals surface area contributed by atoms with Crippen LogP contribution in [-0.4, -0.2) is 6.10 Å². The lowest BCUT2D eigenvalue weighted by Crippen LogP contribution is -2.23. The molecule has 0 N–H and O–H groups in total. The maximum absolute atomic E-state index is 6.45. The highest BCUT2D eigenvalue weighted by Gasteiger charge is 2.34. The van der Waals surface area contributed by atoms with Crippen molar-refractivity contribution in [3.05, 3.63) is 193 Å². The fourth-order valence-electron chi connectivity index (χ4n) is 7.64. The van der Waals surface area contributed by atoms with Crippen molar-refractivity contribution in [1.29, 1.82) is 0 Å². The quantitative estimate of drug-likeness (QED) is 0.179. The summed E-state index contributed by atoms with van der Waals surface area (Å²) >= 11 is 0. The maximum atomic E-state index is 6.45. The van der Waals surface area contributed by atoms with Crippen LogP contribution in [0.5, 0.6) is 5.75 Å². The van der Waals surface area contributed by atoms with Crippen LogP contribution in [0.4, 0.5) is 11.4 Å². The lowest BCUT2D eigenvalue weighted by molar-refractivity contribution is 0.278. The first kappa shape index (κ1) is 29.2. The van der Waals surface area contributed by atoms with E-state index in [0.29, 0.717) is 0 Å². The molecule has 51 heavy (non-hydrogen) atoms. The molecule has 8 aromatic rings. The van der Waals surface area contributed by atoms with E-state index in [2.05, 4.69) is 157 Å². The van der Waals surface area contributed by atoms with Gasteiger partial charge in [-0.05, 0) is 88.0 Å². The van der Waals surface area contributed by atoms with E-state index in [1.807, 2.05) is 30.3 Å². The van der Waals surface area contributed by atoms with Crippen LogP contribution in [-0.2, 0) is 0 Å². The fourth-order valence-corrected chi connectivity index (χ4v) is 7.64. The van der Waals surface area contributed by atoms with Gasteiger partial charge in [-0.15, -0.1) is 0 Å². The molecule has 1 aliphatic carbocycles. The number of benzene rings is 6. The second-order valence-corrected chi connectivity index (χ2v) is 13.0. The summed E-state index contributed by atoms with van der Waals surface area (Å²) in [5, 5.41) is 2.26. The van der Waals surface area contributed by atoms with Crippen LogP contribution in [0.25, 0.3) is 60.9 Å². The van der Waals surface area contributed by atoms with Gasteiger partial charge in [-0.25, -0.2) is 0 Å². The topological polar surface area (TPSA) is 25.6 Å². The molecule has 240 valence electrons. The third kappa shape index (κ3) is 5.00. The van der Waals surface area contributed by atoms with Gasteiger partial charge >= 0.3 is 0 Å². The fraction of sp³-hybridized carbons (Fsp3) is 0.0417. The van der Waals surface area contributed by atoms with Crippen molar-refractivity contribution in [2.45, 2.75) is 12.5 Å². The molecule has 0 amide bonds. The molecule has 0 saturated carbocycles. The zero-order valence-electron chi connectivity index (χ0n) is 27.7. The van der Waals surface area contributed by atoms with Gasteiger partial charge < -0.3 is 14.1 Å². The first-order valence-electron chi connectivity index (χ1n) is 17.4. The second kappa shape index (κ2) is 12.0. The Labute approximate surface area is 297 Å². The Bertz CT molecular complexity index is 2630. The zero-order chi connectivity index (χ0) is 33.7. The number of hydrogen-bond donors (Lipinski definition) is 0. The number of nitrogens with zero attached hydrogens (tertiary/aromatic N) is 1. The summed E-state index contributed by atoms with van der Waals surface area (Å²) in [7, 11) is 0. The Hall–Kier alpha value is -6.76. The normalized spacial score (nSPS) is 14.6. The number of hydrogen-bond acceptors (Lipinski definition) is 3. The van der Waals surface area contributed by atoms with E-state index in [9.17, 15) is 0 Å². The monoisotopic (exact) mass is 653 g/mol. The highest BCUT2D eigenvalue weighted by molar-refractivity contribution is 6.12. The summed E-state index contributed by atoms with van der Waals surface area (Å²) < 4.78 is 12.7. The Kier molecular flexibility index (Phi) is 6.86. The van der Waals surface area contributed by atoms with Crippen LogP contribution in [0.1, 0.15) is 12.0 Å². The third-order valence-electron chi connectivity index (χ3n) is 10.0. The molecule has 3 heteroatoms. The van der Waals surface area contributed by atoms with Gasteiger partial charge in [0.1, 0.15) is 23.0 Å². The number of para-hydroxylation sites is 1. The van der Waals surface area contributed by atoms with Crippen molar-refractivity contribution in [2.24, 2.45) is 0 Å². The van der Waals surface area contributed by atoms with Crippen molar-refractivity contribution in [1.82, 2.24) is 0 Å². The molecule has 0 bridgehead atoms. The standard InChI is InChI=1S/C48H31NO2/c1-2-11-32(12-3-1)33-23-25-34(26-24-33)36-13-8-14-38(31-36)49(42-18-10-22-46-48(42)41-16-5-7-20-44(41)51-46)37-29-27-35(28-30-37)39-17-9-21-45-47(39)40-15-4-6-19-43(40)50-45/h1-4,6-15,17-21,23-31,46H,22H2. The van der Waals surface area contributed by atoms with E-state index in [1.165, 1.54) is 16.7 Å². The van der Waals surface area contributed by atoms with Gasteiger partial charge in [-0.1, -0.05) is 127 Å².